The zero-order valence-corrected chi connectivity index (χ0v) is 11.4. The van der Waals surface area contributed by atoms with Gasteiger partial charge in [0.05, 0.1) is 12.2 Å². The standard InChI is InChI=1S/C14H20O2S/c1-3-4-10-17-11-9-16-14-8-6-5-7-13(14)12(2)15/h5-8H,3-4,9-11H2,1-2H3. The van der Waals surface area contributed by atoms with Crippen LogP contribution in [0.15, 0.2) is 24.3 Å². The maximum atomic E-state index is 11.4. The van der Waals surface area contributed by atoms with Crippen molar-refractivity contribution in [3.05, 3.63) is 29.8 Å². The molecule has 0 aliphatic heterocycles. The molecule has 0 aliphatic carbocycles. The molecule has 17 heavy (non-hydrogen) atoms. The Morgan fingerprint density at radius 1 is 1.29 bits per heavy atom. The SMILES string of the molecule is CCCCSCCOc1ccccc1C(C)=O. The molecule has 0 bridgehead atoms. The van der Waals surface area contributed by atoms with Gasteiger partial charge in [-0.3, -0.25) is 4.79 Å². The fraction of sp³-hybridized carbons (Fsp3) is 0.500. The van der Waals surface area contributed by atoms with Crippen molar-refractivity contribution in [1.82, 2.24) is 0 Å². The van der Waals surface area contributed by atoms with Gasteiger partial charge in [-0.1, -0.05) is 25.5 Å². The number of para-hydroxylation sites is 1. The summed E-state index contributed by atoms with van der Waals surface area (Å²) in [6.45, 7) is 4.43. The Morgan fingerprint density at radius 3 is 2.76 bits per heavy atom. The van der Waals surface area contributed by atoms with Gasteiger partial charge in [0.25, 0.3) is 0 Å². The van der Waals surface area contributed by atoms with Crippen molar-refractivity contribution in [3.8, 4) is 5.75 Å². The second-order valence-electron chi connectivity index (χ2n) is 3.87. The second-order valence-corrected chi connectivity index (χ2v) is 5.09. The number of ether oxygens (including phenoxy) is 1. The number of carbonyl (C=O) groups is 1. The van der Waals surface area contributed by atoms with Crippen LogP contribution in [0.5, 0.6) is 5.75 Å². The highest BCUT2D eigenvalue weighted by atomic mass is 32.2. The Labute approximate surface area is 108 Å². The summed E-state index contributed by atoms with van der Waals surface area (Å²) >= 11 is 1.90. The number of thioether (sulfide) groups is 1. The van der Waals surface area contributed by atoms with E-state index in [1.54, 1.807) is 6.92 Å². The Morgan fingerprint density at radius 2 is 2.06 bits per heavy atom. The molecule has 0 aromatic heterocycles. The molecular weight excluding hydrogens is 232 g/mol. The number of ketones is 1. The summed E-state index contributed by atoms with van der Waals surface area (Å²) in [7, 11) is 0. The van der Waals surface area contributed by atoms with Gasteiger partial charge in [0.1, 0.15) is 5.75 Å². The lowest BCUT2D eigenvalue weighted by Gasteiger charge is -2.09. The highest BCUT2D eigenvalue weighted by Gasteiger charge is 2.06. The first kappa shape index (κ1) is 14.1. The van der Waals surface area contributed by atoms with Gasteiger partial charge in [0, 0.05) is 5.75 Å². The van der Waals surface area contributed by atoms with Crippen LogP contribution >= 0.6 is 11.8 Å². The van der Waals surface area contributed by atoms with E-state index in [0.717, 1.165) is 5.75 Å². The molecule has 0 heterocycles. The molecule has 0 aliphatic rings. The van der Waals surface area contributed by atoms with Gasteiger partial charge in [-0.15, -0.1) is 0 Å². The summed E-state index contributed by atoms with van der Waals surface area (Å²) in [4.78, 5) is 11.4. The summed E-state index contributed by atoms with van der Waals surface area (Å²) in [5, 5.41) is 0. The van der Waals surface area contributed by atoms with Crippen LogP contribution in [0, 0.1) is 0 Å². The Kier molecular flexibility index (Phi) is 6.78. The smallest absolute Gasteiger partial charge is 0.163 e. The largest absolute Gasteiger partial charge is 0.492 e. The van der Waals surface area contributed by atoms with E-state index in [1.165, 1.54) is 18.6 Å². The molecule has 0 atom stereocenters. The molecule has 2 nitrogen and oxygen atoms in total. The van der Waals surface area contributed by atoms with E-state index >= 15 is 0 Å². The number of unbranched alkanes of at least 4 members (excludes halogenated alkanes) is 1. The van der Waals surface area contributed by atoms with Gasteiger partial charge in [-0.2, -0.15) is 11.8 Å². The van der Waals surface area contributed by atoms with E-state index in [9.17, 15) is 4.79 Å². The van der Waals surface area contributed by atoms with E-state index in [0.29, 0.717) is 17.9 Å². The van der Waals surface area contributed by atoms with E-state index < -0.39 is 0 Å². The van der Waals surface area contributed by atoms with E-state index in [2.05, 4.69) is 6.92 Å². The second kappa shape index (κ2) is 8.18. The van der Waals surface area contributed by atoms with Crippen LogP contribution < -0.4 is 4.74 Å². The number of rotatable bonds is 8. The predicted molar refractivity (Wildman–Crippen MR) is 74.2 cm³/mol. The molecule has 1 rings (SSSR count). The molecule has 0 N–H and O–H groups in total. The van der Waals surface area contributed by atoms with Crippen molar-refractivity contribution < 1.29 is 9.53 Å². The van der Waals surface area contributed by atoms with Gasteiger partial charge in [0.15, 0.2) is 5.78 Å². The number of Topliss-reactive ketones (excluding diaryl/α,β-unsaturated/α-hetero) is 1. The van der Waals surface area contributed by atoms with Crippen molar-refractivity contribution >= 4 is 17.5 Å². The number of benzene rings is 1. The molecule has 0 radical (unpaired) electrons. The molecule has 3 heteroatoms. The van der Waals surface area contributed by atoms with Crippen molar-refractivity contribution in [2.45, 2.75) is 26.7 Å². The Balaban J connectivity index is 2.34. The minimum atomic E-state index is 0.0548. The molecule has 0 spiro atoms. The highest BCUT2D eigenvalue weighted by molar-refractivity contribution is 7.99. The molecule has 0 unspecified atom stereocenters. The van der Waals surface area contributed by atoms with Crippen LogP contribution in [0.25, 0.3) is 0 Å². The van der Waals surface area contributed by atoms with E-state index in [1.807, 2.05) is 36.0 Å². The maximum Gasteiger partial charge on any atom is 0.163 e. The van der Waals surface area contributed by atoms with Crippen molar-refractivity contribution in [2.24, 2.45) is 0 Å². The van der Waals surface area contributed by atoms with Crippen LogP contribution in [-0.2, 0) is 0 Å². The van der Waals surface area contributed by atoms with Gasteiger partial charge < -0.3 is 4.74 Å². The number of hydrogen-bond acceptors (Lipinski definition) is 3. The van der Waals surface area contributed by atoms with Crippen molar-refractivity contribution in [1.29, 1.82) is 0 Å². The van der Waals surface area contributed by atoms with Crippen molar-refractivity contribution in [2.75, 3.05) is 18.1 Å². The van der Waals surface area contributed by atoms with Crippen LogP contribution in [0.1, 0.15) is 37.0 Å². The molecular formula is C14H20O2S. The van der Waals surface area contributed by atoms with Crippen LogP contribution in [0.3, 0.4) is 0 Å². The predicted octanol–water partition coefficient (Wildman–Crippen LogP) is 3.80. The Hall–Kier alpha value is -0.960. The number of hydrogen-bond donors (Lipinski definition) is 0. The zero-order chi connectivity index (χ0) is 12.5. The average molecular weight is 252 g/mol. The normalized spacial score (nSPS) is 10.2. The van der Waals surface area contributed by atoms with E-state index in [4.69, 9.17) is 4.74 Å². The number of carbonyl (C=O) groups excluding carboxylic acids is 1. The average Bonchev–Trinajstić information content (AvgIpc) is 2.34. The fourth-order valence-electron chi connectivity index (χ4n) is 1.44. The van der Waals surface area contributed by atoms with Crippen molar-refractivity contribution in [3.63, 3.8) is 0 Å². The summed E-state index contributed by atoms with van der Waals surface area (Å²) in [5.74, 6) is 2.93. The third kappa shape index (κ3) is 5.26. The summed E-state index contributed by atoms with van der Waals surface area (Å²) in [6, 6.07) is 7.42. The van der Waals surface area contributed by atoms with Gasteiger partial charge in [-0.25, -0.2) is 0 Å². The van der Waals surface area contributed by atoms with Crippen LogP contribution in [-0.4, -0.2) is 23.9 Å². The first-order chi connectivity index (χ1) is 8.25. The fourth-order valence-corrected chi connectivity index (χ4v) is 2.34. The minimum Gasteiger partial charge on any atom is -0.492 e. The summed E-state index contributed by atoms with van der Waals surface area (Å²) in [6.07, 6.45) is 2.50. The lowest BCUT2D eigenvalue weighted by Crippen LogP contribution is -2.04. The third-order valence-corrected chi connectivity index (χ3v) is 3.43. The lowest BCUT2D eigenvalue weighted by atomic mass is 10.1. The Bertz CT molecular complexity index is 350. The quantitative estimate of drug-likeness (QED) is 0.520. The molecule has 94 valence electrons. The molecule has 1 aromatic carbocycles. The minimum absolute atomic E-state index is 0.0548. The zero-order valence-electron chi connectivity index (χ0n) is 10.6. The molecule has 0 amide bonds. The first-order valence-electron chi connectivity index (χ1n) is 6.06. The van der Waals surface area contributed by atoms with E-state index in [-0.39, 0.29) is 5.78 Å². The first-order valence-corrected chi connectivity index (χ1v) is 7.21. The monoisotopic (exact) mass is 252 g/mol. The summed E-state index contributed by atoms with van der Waals surface area (Å²) in [5.41, 5.74) is 0.672. The molecule has 0 saturated heterocycles. The highest BCUT2D eigenvalue weighted by Crippen LogP contribution is 2.18. The topological polar surface area (TPSA) is 26.3 Å². The van der Waals surface area contributed by atoms with Gasteiger partial charge >= 0.3 is 0 Å². The lowest BCUT2D eigenvalue weighted by molar-refractivity contribution is 0.101. The molecule has 1 aromatic rings. The third-order valence-electron chi connectivity index (χ3n) is 2.39. The van der Waals surface area contributed by atoms with Crippen LogP contribution in [0.4, 0.5) is 0 Å². The van der Waals surface area contributed by atoms with Gasteiger partial charge in [-0.05, 0) is 31.2 Å². The summed E-state index contributed by atoms with van der Waals surface area (Å²) < 4.78 is 5.64. The van der Waals surface area contributed by atoms with Gasteiger partial charge in [0.2, 0.25) is 0 Å². The maximum absolute atomic E-state index is 11.4. The molecule has 0 saturated carbocycles. The molecule has 0 fully saturated rings. The van der Waals surface area contributed by atoms with Crippen LogP contribution in [0.2, 0.25) is 0 Å².